The van der Waals surface area contributed by atoms with Crippen LogP contribution < -0.4 is 16.2 Å². The molecule has 2 heterocycles. The van der Waals surface area contributed by atoms with Crippen molar-refractivity contribution < 1.29 is 22.8 Å². The van der Waals surface area contributed by atoms with E-state index in [2.05, 4.69) is 38.1 Å². The van der Waals surface area contributed by atoms with Gasteiger partial charge >= 0.3 is 6.18 Å². The van der Waals surface area contributed by atoms with E-state index < -0.39 is 29.2 Å². The molecule has 13 heteroatoms. The Morgan fingerprint density at radius 3 is 2.51 bits per heavy atom. The number of fused-ring (bicyclic) bond motifs is 1. The second-order valence-corrected chi connectivity index (χ2v) is 10.9. The molecule has 0 saturated heterocycles. The summed E-state index contributed by atoms with van der Waals surface area (Å²) in [5, 5.41) is 5.76. The Hall–Kier alpha value is -3.64. The molecular formula is C28H26BrClF3N5O3. The number of hydrogen-bond acceptors (Lipinski definition) is 5. The summed E-state index contributed by atoms with van der Waals surface area (Å²) in [7, 11) is 1.49. The fraction of sp³-hybridized carbons (Fsp3) is 0.286. The Kier molecular flexibility index (Phi) is 8.65. The molecule has 2 aromatic carbocycles. The lowest BCUT2D eigenvalue weighted by Gasteiger charge is -2.35. The number of amides is 2. The van der Waals surface area contributed by atoms with Crippen molar-refractivity contribution in [1.82, 2.24) is 19.8 Å². The Morgan fingerprint density at radius 2 is 1.90 bits per heavy atom. The summed E-state index contributed by atoms with van der Waals surface area (Å²) in [6.07, 6.45) is -2.93. The van der Waals surface area contributed by atoms with Crippen molar-refractivity contribution in [2.24, 2.45) is 0 Å². The van der Waals surface area contributed by atoms with E-state index in [1.54, 1.807) is 26.0 Å². The average Bonchev–Trinajstić information content (AvgIpc) is 2.92. The lowest BCUT2D eigenvalue weighted by atomic mass is 9.98. The highest BCUT2D eigenvalue weighted by Crippen LogP contribution is 2.36. The molecule has 0 radical (unpaired) electrons. The quantitative estimate of drug-likeness (QED) is 0.338. The number of hydrogen-bond donors (Lipinski definition) is 2. The minimum Gasteiger partial charge on any atom is -0.355 e. The van der Waals surface area contributed by atoms with Crippen LogP contribution in [0.4, 0.5) is 19.1 Å². The third-order valence-electron chi connectivity index (χ3n) is 6.78. The standard InChI is InChI=1S/C28H26BrClF3N5O3/c1-5-14(2)35-27-36-22-13-37(25(40)17-6-8-20(29)19(11-17)28(31,32)33)15(3)10-18(22)26(41)38(27)23-9-7-16(12-21(23)30)24(39)34-4/h5-9,11-12,14-15H,1,10,13H2,2-4H3,(H,34,39)(H,35,36)/t14-,15-/m1/s1. The van der Waals surface area contributed by atoms with Crippen LogP contribution in [0.3, 0.4) is 0 Å². The van der Waals surface area contributed by atoms with Gasteiger partial charge in [-0.2, -0.15) is 13.2 Å². The molecular weight excluding hydrogens is 627 g/mol. The number of nitrogens with zero attached hydrogens (tertiary/aromatic N) is 3. The molecule has 0 spiro atoms. The minimum atomic E-state index is -4.65. The highest BCUT2D eigenvalue weighted by molar-refractivity contribution is 9.10. The molecule has 4 rings (SSSR count). The van der Waals surface area contributed by atoms with Crippen LogP contribution in [-0.2, 0) is 19.1 Å². The maximum absolute atomic E-state index is 13.9. The van der Waals surface area contributed by atoms with Crippen LogP contribution in [0.5, 0.6) is 0 Å². The van der Waals surface area contributed by atoms with Gasteiger partial charge in [0.1, 0.15) is 0 Å². The zero-order chi connectivity index (χ0) is 30.2. The van der Waals surface area contributed by atoms with Crippen LogP contribution in [-0.4, -0.2) is 45.4 Å². The van der Waals surface area contributed by atoms with Gasteiger partial charge in [0.05, 0.1) is 28.5 Å². The second kappa shape index (κ2) is 11.7. The summed E-state index contributed by atoms with van der Waals surface area (Å²) >= 11 is 9.42. The number of nitrogens with one attached hydrogen (secondary N) is 2. The maximum atomic E-state index is 13.9. The summed E-state index contributed by atoms with van der Waals surface area (Å²) < 4.78 is 41.6. The van der Waals surface area contributed by atoms with Gasteiger partial charge in [-0.1, -0.05) is 33.6 Å². The summed E-state index contributed by atoms with van der Waals surface area (Å²) in [6.45, 7) is 7.17. The van der Waals surface area contributed by atoms with Gasteiger partial charge in [-0.3, -0.25) is 14.4 Å². The molecule has 8 nitrogen and oxygen atoms in total. The van der Waals surface area contributed by atoms with E-state index in [-0.39, 0.29) is 45.9 Å². The van der Waals surface area contributed by atoms with E-state index in [1.807, 2.05) is 0 Å². The Balaban J connectivity index is 1.80. The van der Waals surface area contributed by atoms with Gasteiger partial charge in [-0.25, -0.2) is 9.55 Å². The zero-order valence-electron chi connectivity index (χ0n) is 22.3. The third-order valence-corrected chi connectivity index (χ3v) is 7.78. The first kappa shape index (κ1) is 30.3. The zero-order valence-corrected chi connectivity index (χ0v) is 24.6. The third kappa shape index (κ3) is 6.03. The van der Waals surface area contributed by atoms with Crippen molar-refractivity contribution in [3.8, 4) is 5.69 Å². The summed E-state index contributed by atoms with van der Waals surface area (Å²) in [5.74, 6) is -0.839. The van der Waals surface area contributed by atoms with Crippen molar-refractivity contribution in [3.63, 3.8) is 0 Å². The molecule has 1 aliphatic heterocycles. The van der Waals surface area contributed by atoms with Crippen molar-refractivity contribution >= 4 is 45.3 Å². The van der Waals surface area contributed by atoms with Crippen LogP contribution in [0.25, 0.3) is 5.69 Å². The largest absolute Gasteiger partial charge is 0.417 e. The molecule has 0 aliphatic carbocycles. The molecule has 2 N–H and O–H groups in total. The SMILES string of the molecule is C=C[C@@H](C)Nc1nc2c(c(=O)n1-c1ccc(C(=O)NC)cc1Cl)C[C@@H](C)N(C(=O)c1ccc(Br)c(C(F)(F)F)c1)C2. The first-order valence-corrected chi connectivity index (χ1v) is 13.7. The topological polar surface area (TPSA) is 96.3 Å². The van der Waals surface area contributed by atoms with Crippen LogP contribution >= 0.6 is 27.5 Å². The molecule has 216 valence electrons. The lowest BCUT2D eigenvalue weighted by molar-refractivity contribution is -0.138. The summed E-state index contributed by atoms with van der Waals surface area (Å²) in [5.41, 5.74) is -0.272. The van der Waals surface area contributed by atoms with Crippen LogP contribution in [0.15, 0.2) is 58.3 Å². The molecule has 0 bridgehead atoms. The van der Waals surface area contributed by atoms with Gasteiger partial charge in [0.15, 0.2) is 0 Å². The van der Waals surface area contributed by atoms with Crippen molar-refractivity contribution in [2.75, 3.05) is 12.4 Å². The van der Waals surface area contributed by atoms with Crippen molar-refractivity contribution in [3.05, 3.63) is 96.9 Å². The smallest absolute Gasteiger partial charge is 0.355 e. The first-order chi connectivity index (χ1) is 19.3. The van der Waals surface area contributed by atoms with E-state index in [4.69, 9.17) is 11.6 Å². The van der Waals surface area contributed by atoms with Gasteiger partial charge in [0, 0.05) is 40.3 Å². The molecule has 2 amide bonds. The van der Waals surface area contributed by atoms with Crippen molar-refractivity contribution in [2.45, 2.75) is 45.1 Å². The monoisotopic (exact) mass is 651 g/mol. The van der Waals surface area contributed by atoms with Crippen molar-refractivity contribution in [1.29, 1.82) is 0 Å². The highest BCUT2D eigenvalue weighted by Gasteiger charge is 2.36. The fourth-order valence-electron chi connectivity index (χ4n) is 4.53. The molecule has 2 atom stereocenters. The van der Waals surface area contributed by atoms with Crippen LogP contribution in [0, 0.1) is 0 Å². The molecule has 0 unspecified atom stereocenters. The van der Waals surface area contributed by atoms with Crippen LogP contribution in [0.1, 0.15) is 51.4 Å². The Labute approximate surface area is 247 Å². The highest BCUT2D eigenvalue weighted by atomic mass is 79.9. The van der Waals surface area contributed by atoms with Gasteiger partial charge in [-0.15, -0.1) is 6.58 Å². The number of carbonyl (C=O) groups excluding carboxylic acids is 2. The number of carbonyl (C=O) groups is 2. The normalized spacial score (nSPS) is 15.6. The van der Waals surface area contributed by atoms with Gasteiger partial charge < -0.3 is 15.5 Å². The first-order valence-electron chi connectivity index (χ1n) is 12.5. The van der Waals surface area contributed by atoms with Crippen LogP contribution in [0.2, 0.25) is 5.02 Å². The average molecular weight is 653 g/mol. The lowest BCUT2D eigenvalue weighted by Crippen LogP contribution is -2.46. The number of rotatable bonds is 6. The van der Waals surface area contributed by atoms with E-state index in [0.717, 1.165) is 6.07 Å². The summed E-state index contributed by atoms with van der Waals surface area (Å²) in [4.78, 5) is 45.4. The number of alkyl halides is 3. The molecule has 0 fully saturated rings. The fourth-order valence-corrected chi connectivity index (χ4v) is 5.27. The number of aromatic nitrogens is 2. The van der Waals surface area contributed by atoms with Gasteiger partial charge in [-0.05, 0) is 56.7 Å². The number of halogens is 5. The molecule has 1 aliphatic rings. The van der Waals surface area contributed by atoms with E-state index in [0.29, 0.717) is 22.5 Å². The van der Waals surface area contributed by atoms with E-state index in [9.17, 15) is 27.6 Å². The predicted octanol–water partition coefficient (Wildman–Crippen LogP) is 5.60. The number of benzene rings is 2. The van der Waals surface area contributed by atoms with E-state index >= 15 is 0 Å². The molecule has 3 aromatic rings. The second-order valence-electron chi connectivity index (χ2n) is 9.59. The van der Waals surface area contributed by atoms with E-state index in [1.165, 1.54) is 40.8 Å². The predicted molar refractivity (Wildman–Crippen MR) is 154 cm³/mol. The number of anilines is 1. The molecule has 1 aromatic heterocycles. The molecule has 41 heavy (non-hydrogen) atoms. The Bertz CT molecular complexity index is 1610. The van der Waals surface area contributed by atoms with Gasteiger partial charge in [0.25, 0.3) is 17.4 Å². The Morgan fingerprint density at radius 1 is 1.22 bits per heavy atom. The minimum absolute atomic E-state index is 0.0939. The summed E-state index contributed by atoms with van der Waals surface area (Å²) in [6, 6.07) is 6.99. The molecule has 0 saturated carbocycles. The van der Waals surface area contributed by atoms with Gasteiger partial charge in [0.2, 0.25) is 5.95 Å². The maximum Gasteiger partial charge on any atom is 0.417 e.